The number of ether oxygens (including phenoxy) is 1. The summed E-state index contributed by atoms with van der Waals surface area (Å²) in [6, 6.07) is 14.9. The molecule has 0 radical (unpaired) electrons. The molecule has 1 aromatic heterocycles. The van der Waals surface area contributed by atoms with E-state index < -0.39 is 18.1 Å². The fourth-order valence-corrected chi connectivity index (χ4v) is 3.60. The highest BCUT2D eigenvalue weighted by atomic mass is 16.5. The standard InChI is InChI=1S/C20H19N5O4/c26-19(27)17(9-10-18-22-24-25-23-18)21-20(28)29-11-16-14-7-3-1-5-12(14)13-6-2-4-8-15(13)16/h1-8,16-17H,9-11H2,(H,21,28)(H,26,27)(H,22,23,24,25)/t17-/m1/s1. The molecule has 1 aliphatic rings. The number of carbonyl (C=O) groups excluding carboxylic acids is 1. The smallest absolute Gasteiger partial charge is 0.407 e. The molecular formula is C20H19N5O4. The van der Waals surface area contributed by atoms with Gasteiger partial charge in [0.05, 0.1) is 0 Å². The number of carboxylic acid groups (broad SMARTS) is 1. The number of aromatic amines is 1. The zero-order chi connectivity index (χ0) is 20.2. The Kier molecular flexibility index (Phi) is 5.19. The lowest BCUT2D eigenvalue weighted by atomic mass is 9.98. The Bertz CT molecular complexity index is 976. The Morgan fingerprint density at radius 3 is 2.34 bits per heavy atom. The lowest BCUT2D eigenvalue weighted by Gasteiger charge is -2.17. The number of benzene rings is 2. The van der Waals surface area contributed by atoms with Crippen LogP contribution in [0.4, 0.5) is 4.79 Å². The molecule has 1 atom stereocenters. The van der Waals surface area contributed by atoms with Crippen LogP contribution in [0.15, 0.2) is 48.5 Å². The number of rotatable bonds is 7. The number of H-pyrrole nitrogens is 1. The van der Waals surface area contributed by atoms with Crippen molar-refractivity contribution >= 4 is 12.1 Å². The molecule has 0 aliphatic heterocycles. The zero-order valence-corrected chi connectivity index (χ0v) is 15.4. The van der Waals surface area contributed by atoms with Crippen molar-refractivity contribution in [2.45, 2.75) is 24.8 Å². The molecule has 9 nitrogen and oxygen atoms in total. The third-order valence-electron chi connectivity index (χ3n) is 4.98. The van der Waals surface area contributed by atoms with Crippen LogP contribution < -0.4 is 5.32 Å². The molecule has 4 rings (SSSR count). The quantitative estimate of drug-likeness (QED) is 0.560. The van der Waals surface area contributed by atoms with Gasteiger partial charge in [-0.1, -0.05) is 53.7 Å². The third-order valence-corrected chi connectivity index (χ3v) is 4.98. The maximum absolute atomic E-state index is 12.3. The number of aliphatic carboxylic acids is 1. The molecule has 0 saturated heterocycles. The molecule has 0 unspecified atom stereocenters. The van der Waals surface area contributed by atoms with E-state index in [1.807, 2.05) is 48.5 Å². The fraction of sp³-hybridized carbons (Fsp3) is 0.250. The van der Waals surface area contributed by atoms with Crippen LogP contribution in [0.2, 0.25) is 0 Å². The van der Waals surface area contributed by atoms with Crippen LogP contribution in [-0.2, 0) is 16.0 Å². The summed E-state index contributed by atoms with van der Waals surface area (Å²) < 4.78 is 5.39. The Labute approximate surface area is 166 Å². The van der Waals surface area contributed by atoms with E-state index in [4.69, 9.17) is 4.74 Å². The van der Waals surface area contributed by atoms with E-state index >= 15 is 0 Å². The molecule has 148 valence electrons. The summed E-state index contributed by atoms with van der Waals surface area (Å²) in [5, 5.41) is 25.0. The first kappa shape index (κ1) is 18.6. The van der Waals surface area contributed by atoms with E-state index in [1.165, 1.54) is 0 Å². The van der Waals surface area contributed by atoms with Crippen LogP contribution in [-0.4, -0.2) is 50.4 Å². The maximum atomic E-state index is 12.3. The molecule has 3 N–H and O–H groups in total. The van der Waals surface area contributed by atoms with Gasteiger partial charge in [0.25, 0.3) is 0 Å². The molecule has 0 fully saturated rings. The number of fused-ring (bicyclic) bond motifs is 3. The number of nitrogens with one attached hydrogen (secondary N) is 2. The minimum absolute atomic E-state index is 0.0873. The van der Waals surface area contributed by atoms with Gasteiger partial charge in [0.1, 0.15) is 12.6 Å². The lowest BCUT2D eigenvalue weighted by molar-refractivity contribution is -0.139. The van der Waals surface area contributed by atoms with Crippen LogP contribution in [0, 0.1) is 0 Å². The molecule has 0 bridgehead atoms. The van der Waals surface area contributed by atoms with Crippen molar-refractivity contribution in [1.29, 1.82) is 0 Å². The van der Waals surface area contributed by atoms with Gasteiger partial charge in [-0.3, -0.25) is 0 Å². The zero-order valence-electron chi connectivity index (χ0n) is 15.4. The second-order valence-electron chi connectivity index (χ2n) is 6.73. The predicted octanol–water partition coefficient (Wildman–Crippen LogP) is 2.12. The number of tetrazole rings is 1. The number of aromatic nitrogens is 4. The molecule has 1 heterocycles. The summed E-state index contributed by atoms with van der Waals surface area (Å²) in [7, 11) is 0. The number of aryl methyl sites for hydroxylation is 1. The van der Waals surface area contributed by atoms with E-state index in [1.54, 1.807) is 0 Å². The van der Waals surface area contributed by atoms with Gasteiger partial charge in [0.15, 0.2) is 5.82 Å². The van der Waals surface area contributed by atoms with Crippen molar-refractivity contribution in [3.63, 3.8) is 0 Å². The van der Waals surface area contributed by atoms with Crippen molar-refractivity contribution < 1.29 is 19.4 Å². The molecule has 29 heavy (non-hydrogen) atoms. The van der Waals surface area contributed by atoms with Crippen molar-refractivity contribution in [2.24, 2.45) is 0 Å². The van der Waals surface area contributed by atoms with Gasteiger partial charge >= 0.3 is 12.1 Å². The summed E-state index contributed by atoms with van der Waals surface area (Å²) >= 11 is 0. The van der Waals surface area contributed by atoms with Gasteiger partial charge < -0.3 is 15.2 Å². The topological polar surface area (TPSA) is 130 Å². The molecule has 2 aromatic carbocycles. The van der Waals surface area contributed by atoms with E-state index in [0.29, 0.717) is 5.82 Å². The Morgan fingerprint density at radius 1 is 1.10 bits per heavy atom. The summed E-state index contributed by atoms with van der Waals surface area (Å²) in [5.41, 5.74) is 4.43. The highest BCUT2D eigenvalue weighted by Gasteiger charge is 2.29. The van der Waals surface area contributed by atoms with Gasteiger partial charge in [-0.25, -0.2) is 9.59 Å². The third kappa shape index (κ3) is 3.93. The predicted molar refractivity (Wildman–Crippen MR) is 102 cm³/mol. The Balaban J connectivity index is 1.39. The van der Waals surface area contributed by atoms with Crippen LogP contribution in [0.5, 0.6) is 0 Å². The van der Waals surface area contributed by atoms with Crippen molar-refractivity contribution in [2.75, 3.05) is 6.61 Å². The second kappa shape index (κ2) is 8.09. The minimum atomic E-state index is -1.15. The van der Waals surface area contributed by atoms with Crippen LogP contribution in [0.3, 0.4) is 0 Å². The average Bonchev–Trinajstić information content (AvgIpc) is 3.35. The minimum Gasteiger partial charge on any atom is -0.480 e. The number of carboxylic acids is 1. The van der Waals surface area contributed by atoms with E-state index in [-0.39, 0.29) is 25.4 Å². The van der Waals surface area contributed by atoms with E-state index in [2.05, 4.69) is 25.9 Å². The Morgan fingerprint density at radius 2 is 1.76 bits per heavy atom. The summed E-state index contributed by atoms with van der Waals surface area (Å²) in [5.74, 6) is -0.858. The molecule has 3 aromatic rings. The number of hydrogen-bond acceptors (Lipinski definition) is 6. The summed E-state index contributed by atoms with van der Waals surface area (Å²) in [6.07, 6.45) is -0.386. The van der Waals surface area contributed by atoms with Crippen molar-refractivity contribution in [1.82, 2.24) is 25.9 Å². The van der Waals surface area contributed by atoms with Gasteiger partial charge in [-0.2, -0.15) is 5.21 Å². The van der Waals surface area contributed by atoms with E-state index in [0.717, 1.165) is 22.3 Å². The summed E-state index contributed by atoms with van der Waals surface area (Å²) in [4.78, 5) is 23.7. The summed E-state index contributed by atoms with van der Waals surface area (Å²) in [6.45, 7) is 0.122. The van der Waals surface area contributed by atoms with Gasteiger partial charge in [0, 0.05) is 12.3 Å². The van der Waals surface area contributed by atoms with Crippen molar-refractivity contribution in [3.05, 3.63) is 65.5 Å². The van der Waals surface area contributed by atoms with Gasteiger partial charge in [-0.15, -0.1) is 10.2 Å². The number of hydrogen-bond donors (Lipinski definition) is 3. The maximum Gasteiger partial charge on any atom is 0.407 e. The number of alkyl carbamates (subject to hydrolysis) is 1. The van der Waals surface area contributed by atoms with Gasteiger partial charge in [-0.05, 0) is 28.7 Å². The first-order valence-corrected chi connectivity index (χ1v) is 9.20. The molecule has 1 amide bonds. The molecule has 9 heteroatoms. The first-order valence-electron chi connectivity index (χ1n) is 9.20. The molecule has 0 spiro atoms. The molecular weight excluding hydrogens is 374 g/mol. The van der Waals surface area contributed by atoms with Crippen LogP contribution in [0.25, 0.3) is 11.1 Å². The Hall–Kier alpha value is -3.75. The second-order valence-corrected chi connectivity index (χ2v) is 6.73. The normalized spacial score (nSPS) is 13.4. The average molecular weight is 393 g/mol. The SMILES string of the molecule is O=C(N[C@H](CCc1nn[nH]n1)C(=O)O)OCC1c2ccccc2-c2ccccc21. The van der Waals surface area contributed by atoms with Crippen LogP contribution >= 0.6 is 0 Å². The van der Waals surface area contributed by atoms with Crippen LogP contribution in [0.1, 0.15) is 29.3 Å². The highest BCUT2D eigenvalue weighted by Crippen LogP contribution is 2.44. The fourth-order valence-electron chi connectivity index (χ4n) is 3.60. The number of carbonyl (C=O) groups is 2. The number of amides is 1. The van der Waals surface area contributed by atoms with Crippen molar-refractivity contribution in [3.8, 4) is 11.1 Å². The molecule has 0 saturated carbocycles. The molecule has 1 aliphatic carbocycles. The largest absolute Gasteiger partial charge is 0.480 e. The van der Waals surface area contributed by atoms with Gasteiger partial charge in [0.2, 0.25) is 0 Å². The first-order chi connectivity index (χ1) is 14.1. The highest BCUT2D eigenvalue weighted by molar-refractivity contribution is 5.81. The number of nitrogens with zero attached hydrogens (tertiary/aromatic N) is 3. The lowest BCUT2D eigenvalue weighted by Crippen LogP contribution is -2.41. The van der Waals surface area contributed by atoms with E-state index in [9.17, 15) is 14.7 Å². The monoisotopic (exact) mass is 393 g/mol.